The molecule has 0 aliphatic rings. The molecule has 0 unspecified atom stereocenters. The topological polar surface area (TPSA) is 49.8 Å². The summed E-state index contributed by atoms with van der Waals surface area (Å²) in [5.74, 6) is 0.692. The minimum Gasteiger partial charge on any atom is -0.497 e. The standard InChI is InChI=1S/C14H13NO3/c1-18-13-9-7-12(8-10-13)15(14(16)17)11-5-3-2-4-6-11/h2-10H,1H3,(H,16,17). The summed E-state index contributed by atoms with van der Waals surface area (Å²) in [5, 5.41) is 9.30. The lowest BCUT2D eigenvalue weighted by Crippen LogP contribution is -2.23. The molecule has 1 N–H and O–H groups in total. The van der Waals surface area contributed by atoms with Gasteiger partial charge in [-0.15, -0.1) is 0 Å². The molecule has 0 atom stereocenters. The van der Waals surface area contributed by atoms with Crippen LogP contribution in [-0.2, 0) is 0 Å². The molecule has 0 aliphatic heterocycles. The number of hydrogen-bond donors (Lipinski definition) is 1. The van der Waals surface area contributed by atoms with Crippen LogP contribution in [0.2, 0.25) is 0 Å². The summed E-state index contributed by atoms with van der Waals surface area (Å²) >= 11 is 0. The van der Waals surface area contributed by atoms with Gasteiger partial charge in [-0.1, -0.05) is 18.2 Å². The largest absolute Gasteiger partial charge is 0.497 e. The van der Waals surface area contributed by atoms with E-state index in [4.69, 9.17) is 4.74 Å². The number of nitrogens with zero attached hydrogens (tertiary/aromatic N) is 1. The first-order valence-corrected chi connectivity index (χ1v) is 5.44. The van der Waals surface area contributed by atoms with E-state index in [1.165, 1.54) is 4.90 Å². The number of rotatable bonds is 3. The van der Waals surface area contributed by atoms with Gasteiger partial charge in [-0.2, -0.15) is 0 Å². The van der Waals surface area contributed by atoms with Crippen LogP contribution in [0.3, 0.4) is 0 Å². The summed E-state index contributed by atoms with van der Waals surface area (Å²) in [6.07, 6.45) is -1.02. The van der Waals surface area contributed by atoms with Gasteiger partial charge >= 0.3 is 6.09 Å². The molecule has 0 saturated carbocycles. The van der Waals surface area contributed by atoms with Gasteiger partial charge in [0, 0.05) is 0 Å². The molecule has 2 rings (SSSR count). The lowest BCUT2D eigenvalue weighted by atomic mass is 10.2. The van der Waals surface area contributed by atoms with E-state index in [1.807, 2.05) is 6.07 Å². The van der Waals surface area contributed by atoms with Crippen LogP contribution in [0.4, 0.5) is 16.2 Å². The van der Waals surface area contributed by atoms with E-state index < -0.39 is 6.09 Å². The van der Waals surface area contributed by atoms with Gasteiger partial charge in [-0.3, -0.25) is 0 Å². The Morgan fingerprint density at radius 2 is 1.56 bits per heavy atom. The highest BCUT2D eigenvalue weighted by Gasteiger charge is 2.16. The zero-order valence-corrected chi connectivity index (χ0v) is 9.91. The van der Waals surface area contributed by atoms with E-state index in [0.717, 1.165) is 0 Å². The van der Waals surface area contributed by atoms with Crippen molar-refractivity contribution < 1.29 is 14.6 Å². The number of anilines is 2. The van der Waals surface area contributed by atoms with Crippen molar-refractivity contribution in [3.63, 3.8) is 0 Å². The maximum absolute atomic E-state index is 11.3. The highest BCUT2D eigenvalue weighted by molar-refractivity contribution is 5.94. The number of carboxylic acid groups (broad SMARTS) is 1. The van der Waals surface area contributed by atoms with Crippen LogP contribution in [0, 0.1) is 0 Å². The molecule has 0 heterocycles. The first kappa shape index (κ1) is 12.0. The number of hydrogen-bond acceptors (Lipinski definition) is 2. The van der Waals surface area contributed by atoms with Crippen molar-refractivity contribution in [2.75, 3.05) is 12.0 Å². The minimum absolute atomic E-state index is 0.578. The zero-order chi connectivity index (χ0) is 13.0. The summed E-state index contributed by atoms with van der Waals surface area (Å²) in [5.41, 5.74) is 1.18. The number of methoxy groups -OCH3 is 1. The summed E-state index contributed by atoms with van der Waals surface area (Å²) < 4.78 is 5.05. The molecule has 0 aromatic heterocycles. The van der Waals surface area contributed by atoms with Crippen molar-refractivity contribution in [2.24, 2.45) is 0 Å². The molecule has 92 valence electrons. The van der Waals surface area contributed by atoms with Crippen molar-refractivity contribution in [1.82, 2.24) is 0 Å². The van der Waals surface area contributed by atoms with Crippen LogP contribution >= 0.6 is 0 Å². The normalized spacial score (nSPS) is 9.83. The van der Waals surface area contributed by atoms with Crippen LogP contribution in [-0.4, -0.2) is 18.3 Å². The Balaban J connectivity index is 2.39. The van der Waals surface area contributed by atoms with Gasteiger partial charge in [-0.05, 0) is 36.4 Å². The third kappa shape index (κ3) is 2.43. The Kier molecular flexibility index (Phi) is 3.48. The average molecular weight is 243 g/mol. The van der Waals surface area contributed by atoms with Crippen molar-refractivity contribution in [2.45, 2.75) is 0 Å². The molecule has 2 aromatic rings. The first-order valence-electron chi connectivity index (χ1n) is 5.44. The molecule has 0 saturated heterocycles. The Bertz CT molecular complexity index is 522. The molecule has 0 aliphatic carbocycles. The molecule has 18 heavy (non-hydrogen) atoms. The van der Waals surface area contributed by atoms with E-state index in [-0.39, 0.29) is 0 Å². The van der Waals surface area contributed by atoms with Gasteiger partial charge in [0.25, 0.3) is 0 Å². The third-order valence-corrected chi connectivity index (χ3v) is 2.54. The highest BCUT2D eigenvalue weighted by atomic mass is 16.5. The first-order chi connectivity index (χ1) is 8.72. The lowest BCUT2D eigenvalue weighted by molar-refractivity contribution is 0.205. The van der Waals surface area contributed by atoms with Crippen molar-refractivity contribution >= 4 is 17.5 Å². The Morgan fingerprint density at radius 1 is 1.00 bits per heavy atom. The van der Waals surface area contributed by atoms with Crippen LogP contribution in [0.1, 0.15) is 0 Å². The second-order valence-corrected chi connectivity index (χ2v) is 3.65. The van der Waals surface area contributed by atoms with Gasteiger partial charge in [0.05, 0.1) is 18.5 Å². The van der Waals surface area contributed by atoms with Crippen LogP contribution in [0.5, 0.6) is 5.75 Å². The number of benzene rings is 2. The Morgan fingerprint density at radius 3 is 2.06 bits per heavy atom. The maximum atomic E-state index is 11.3. The maximum Gasteiger partial charge on any atom is 0.416 e. The number of ether oxygens (including phenoxy) is 1. The van der Waals surface area contributed by atoms with Gasteiger partial charge < -0.3 is 9.84 Å². The molecule has 0 radical (unpaired) electrons. The molecule has 4 heteroatoms. The monoisotopic (exact) mass is 243 g/mol. The number of carbonyl (C=O) groups is 1. The predicted octanol–water partition coefficient (Wildman–Crippen LogP) is 3.51. The molecule has 0 spiro atoms. The highest BCUT2D eigenvalue weighted by Crippen LogP contribution is 2.26. The van der Waals surface area contributed by atoms with Crippen LogP contribution < -0.4 is 9.64 Å². The molecule has 4 nitrogen and oxygen atoms in total. The van der Waals surface area contributed by atoms with E-state index in [2.05, 4.69) is 0 Å². The SMILES string of the molecule is COc1ccc(N(C(=O)O)c2ccccc2)cc1. The van der Waals surface area contributed by atoms with Crippen molar-refractivity contribution in [3.05, 3.63) is 54.6 Å². The average Bonchev–Trinajstić information content (AvgIpc) is 2.40. The number of para-hydroxylation sites is 1. The van der Waals surface area contributed by atoms with E-state index in [9.17, 15) is 9.90 Å². The third-order valence-electron chi connectivity index (χ3n) is 2.54. The second kappa shape index (κ2) is 5.23. The molecular weight excluding hydrogens is 230 g/mol. The molecule has 0 bridgehead atoms. The van der Waals surface area contributed by atoms with E-state index in [0.29, 0.717) is 17.1 Å². The van der Waals surface area contributed by atoms with E-state index >= 15 is 0 Å². The minimum atomic E-state index is -1.02. The van der Waals surface area contributed by atoms with E-state index in [1.54, 1.807) is 55.6 Å². The fourth-order valence-corrected chi connectivity index (χ4v) is 1.68. The second-order valence-electron chi connectivity index (χ2n) is 3.65. The lowest BCUT2D eigenvalue weighted by Gasteiger charge is -2.19. The molecule has 1 amide bonds. The Hall–Kier alpha value is -2.49. The van der Waals surface area contributed by atoms with Crippen molar-refractivity contribution in [3.8, 4) is 5.75 Å². The van der Waals surface area contributed by atoms with Gasteiger partial charge in [0.2, 0.25) is 0 Å². The Labute approximate surface area is 105 Å². The fourth-order valence-electron chi connectivity index (χ4n) is 1.68. The summed E-state index contributed by atoms with van der Waals surface area (Å²) in [7, 11) is 1.57. The van der Waals surface area contributed by atoms with Crippen molar-refractivity contribution in [1.29, 1.82) is 0 Å². The quantitative estimate of drug-likeness (QED) is 0.897. The summed E-state index contributed by atoms with van der Waals surface area (Å²) in [6.45, 7) is 0. The molecule has 2 aromatic carbocycles. The van der Waals surface area contributed by atoms with Gasteiger partial charge in [0.1, 0.15) is 5.75 Å². The molecular formula is C14H13NO3. The fraction of sp³-hybridized carbons (Fsp3) is 0.0714. The van der Waals surface area contributed by atoms with Crippen LogP contribution in [0.15, 0.2) is 54.6 Å². The molecule has 0 fully saturated rings. The smallest absolute Gasteiger partial charge is 0.416 e. The summed E-state index contributed by atoms with van der Waals surface area (Å²) in [4.78, 5) is 12.6. The van der Waals surface area contributed by atoms with Crippen LogP contribution in [0.25, 0.3) is 0 Å². The predicted molar refractivity (Wildman–Crippen MR) is 69.6 cm³/mol. The summed E-state index contributed by atoms with van der Waals surface area (Å²) in [6, 6.07) is 15.8. The van der Waals surface area contributed by atoms with Gasteiger partial charge in [-0.25, -0.2) is 9.69 Å². The number of amides is 1. The van der Waals surface area contributed by atoms with Gasteiger partial charge in [0.15, 0.2) is 0 Å². The zero-order valence-electron chi connectivity index (χ0n) is 9.91.